The van der Waals surface area contributed by atoms with Gasteiger partial charge in [-0.2, -0.15) is 0 Å². The standard InChI is InChI=1S/C14H10FNO2S/c1-18-12-8-9(6-7-11(12)15)16-14(17)10-4-2-3-5-13(10)19-16/h2-8H,1H3. The van der Waals surface area contributed by atoms with Gasteiger partial charge in [0.05, 0.1) is 22.9 Å². The van der Waals surface area contributed by atoms with Crippen LogP contribution in [0.1, 0.15) is 0 Å². The monoisotopic (exact) mass is 275 g/mol. The molecule has 0 spiro atoms. The van der Waals surface area contributed by atoms with E-state index in [4.69, 9.17) is 4.74 Å². The van der Waals surface area contributed by atoms with Crippen LogP contribution in [0.5, 0.6) is 5.75 Å². The average molecular weight is 275 g/mol. The van der Waals surface area contributed by atoms with Gasteiger partial charge in [0.1, 0.15) is 0 Å². The topological polar surface area (TPSA) is 31.2 Å². The Morgan fingerprint density at radius 3 is 2.74 bits per heavy atom. The van der Waals surface area contributed by atoms with Gasteiger partial charge in [-0.1, -0.05) is 23.7 Å². The summed E-state index contributed by atoms with van der Waals surface area (Å²) < 4.78 is 20.8. The van der Waals surface area contributed by atoms with Crippen LogP contribution in [-0.2, 0) is 0 Å². The first kappa shape index (κ1) is 11.9. The molecule has 0 aliphatic rings. The zero-order chi connectivity index (χ0) is 13.4. The maximum absolute atomic E-state index is 13.4. The largest absolute Gasteiger partial charge is 0.494 e. The second-order valence-corrected chi connectivity index (χ2v) is 4.99. The van der Waals surface area contributed by atoms with Crippen LogP contribution in [0.3, 0.4) is 0 Å². The molecular weight excluding hydrogens is 265 g/mol. The van der Waals surface area contributed by atoms with Crippen LogP contribution in [0.4, 0.5) is 4.39 Å². The molecule has 0 atom stereocenters. The van der Waals surface area contributed by atoms with E-state index in [0.717, 1.165) is 4.70 Å². The number of nitrogens with zero attached hydrogens (tertiary/aromatic N) is 1. The Labute approximate surface area is 112 Å². The van der Waals surface area contributed by atoms with Crippen molar-refractivity contribution in [2.24, 2.45) is 0 Å². The summed E-state index contributed by atoms with van der Waals surface area (Å²) in [7, 11) is 1.40. The van der Waals surface area contributed by atoms with Crippen molar-refractivity contribution in [2.75, 3.05) is 7.11 Å². The fourth-order valence-electron chi connectivity index (χ4n) is 1.92. The number of rotatable bonds is 2. The highest BCUT2D eigenvalue weighted by Gasteiger charge is 2.11. The molecule has 0 saturated heterocycles. The minimum atomic E-state index is -0.444. The number of hydrogen-bond acceptors (Lipinski definition) is 3. The van der Waals surface area contributed by atoms with E-state index in [9.17, 15) is 9.18 Å². The first-order chi connectivity index (χ1) is 9.20. The average Bonchev–Trinajstić information content (AvgIpc) is 2.77. The minimum absolute atomic E-state index is 0.103. The molecular formula is C14H10FNO2S. The first-order valence-electron chi connectivity index (χ1n) is 5.65. The van der Waals surface area contributed by atoms with Crippen LogP contribution in [0.15, 0.2) is 47.3 Å². The van der Waals surface area contributed by atoms with Crippen molar-refractivity contribution >= 4 is 21.6 Å². The maximum Gasteiger partial charge on any atom is 0.273 e. The van der Waals surface area contributed by atoms with Crippen molar-refractivity contribution in [1.29, 1.82) is 0 Å². The molecule has 3 aromatic rings. The van der Waals surface area contributed by atoms with Gasteiger partial charge in [0, 0.05) is 6.07 Å². The predicted octanol–water partition coefficient (Wildman–Crippen LogP) is 3.20. The highest BCUT2D eigenvalue weighted by molar-refractivity contribution is 7.14. The first-order valence-corrected chi connectivity index (χ1v) is 6.43. The van der Waals surface area contributed by atoms with Gasteiger partial charge in [0.2, 0.25) is 0 Å². The number of fused-ring (bicyclic) bond motifs is 1. The van der Waals surface area contributed by atoms with E-state index in [1.54, 1.807) is 12.1 Å². The Hall–Kier alpha value is -2.14. The fraction of sp³-hybridized carbons (Fsp3) is 0.0714. The van der Waals surface area contributed by atoms with Crippen LogP contribution in [0.2, 0.25) is 0 Å². The Morgan fingerprint density at radius 1 is 1.21 bits per heavy atom. The van der Waals surface area contributed by atoms with E-state index in [0.29, 0.717) is 11.1 Å². The summed E-state index contributed by atoms with van der Waals surface area (Å²) in [6.45, 7) is 0. The zero-order valence-corrected chi connectivity index (χ0v) is 10.9. The molecule has 2 aromatic carbocycles. The van der Waals surface area contributed by atoms with Crippen LogP contribution in [0, 0.1) is 5.82 Å². The molecule has 1 heterocycles. The van der Waals surface area contributed by atoms with Crippen LogP contribution >= 0.6 is 11.5 Å². The zero-order valence-electron chi connectivity index (χ0n) is 10.1. The van der Waals surface area contributed by atoms with Crippen molar-refractivity contribution in [3.8, 4) is 11.4 Å². The second-order valence-electron chi connectivity index (χ2n) is 4.01. The number of methoxy groups -OCH3 is 1. The molecule has 0 radical (unpaired) electrons. The van der Waals surface area contributed by atoms with E-state index in [1.807, 2.05) is 18.2 Å². The molecule has 0 N–H and O–H groups in total. The third kappa shape index (κ3) is 1.92. The Kier molecular flexibility index (Phi) is 2.83. The van der Waals surface area contributed by atoms with E-state index >= 15 is 0 Å². The molecule has 96 valence electrons. The molecule has 3 rings (SSSR count). The number of halogens is 1. The summed E-state index contributed by atoms with van der Waals surface area (Å²) in [6.07, 6.45) is 0. The van der Waals surface area contributed by atoms with Crippen LogP contribution < -0.4 is 10.3 Å². The smallest absolute Gasteiger partial charge is 0.273 e. The van der Waals surface area contributed by atoms with Crippen molar-refractivity contribution in [1.82, 2.24) is 3.96 Å². The van der Waals surface area contributed by atoms with E-state index < -0.39 is 5.82 Å². The van der Waals surface area contributed by atoms with Gasteiger partial charge >= 0.3 is 0 Å². The number of hydrogen-bond donors (Lipinski definition) is 0. The lowest BCUT2D eigenvalue weighted by atomic mass is 10.2. The molecule has 0 bridgehead atoms. The lowest BCUT2D eigenvalue weighted by molar-refractivity contribution is 0.386. The fourth-order valence-corrected chi connectivity index (χ4v) is 2.91. The summed E-state index contributed by atoms with van der Waals surface area (Å²) in [5.74, 6) is -0.317. The molecule has 19 heavy (non-hydrogen) atoms. The summed E-state index contributed by atoms with van der Waals surface area (Å²) in [6, 6.07) is 11.8. The van der Waals surface area contributed by atoms with Crippen molar-refractivity contribution in [2.45, 2.75) is 0 Å². The molecule has 0 unspecified atom stereocenters. The highest BCUT2D eigenvalue weighted by atomic mass is 32.1. The molecule has 0 saturated carbocycles. The number of ether oxygens (including phenoxy) is 1. The quantitative estimate of drug-likeness (QED) is 0.719. The van der Waals surface area contributed by atoms with Gasteiger partial charge in [-0.3, -0.25) is 4.79 Å². The van der Waals surface area contributed by atoms with E-state index in [1.165, 1.54) is 34.7 Å². The third-order valence-electron chi connectivity index (χ3n) is 2.86. The maximum atomic E-state index is 13.4. The lowest BCUT2D eigenvalue weighted by Gasteiger charge is -2.05. The molecule has 3 nitrogen and oxygen atoms in total. The number of aromatic nitrogens is 1. The van der Waals surface area contributed by atoms with E-state index in [2.05, 4.69) is 0 Å². The van der Waals surface area contributed by atoms with Gasteiger partial charge in [0.25, 0.3) is 5.56 Å². The summed E-state index contributed by atoms with van der Waals surface area (Å²) in [5.41, 5.74) is 0.499. The molecule has 0 amide bonds. The minimum Gasteiger partial charge on any atom is -0.494 e. The number of benzene rings is 2. The third-order valence-corrected chi connectivity index (χ3v) is 3.97. The Morgan fingerprint density at radius 2 is 2.00 bits per heavy atom. The summed E-state index contributed by atoms with van der Waals surface area (Å²) in [4.78, 5) is 12.3. The van der Waals surface area contributed by atoms with Gasteiger partial charge in [-0.05, 0) is 24.3 Å². The lowest BCUT2D eigenvalue weighted by Crippen LogP contribution is -2.10. The SMILES string of the molecule is COc1cc(-n2sc3ccccc3c2=O)ccc1F. The van der Waals surface area contributed by atoms with Crippen molar-refractivity contribution < 1.29 is 9.13 Å². The summed E-state index contributed by atoms with van der Waals surface area (Å²) >= 11 is 1.33. The van der Waals surface area contributed by atoms with E-state index in [-0.39, 0.29) is 11.3 Å². The van der Waals surface area contributed by atoms with Gasteiger partial charge in [0.15, 0.2) is 11.6 Å². The Balaban J connectivity index is 2.24. The molecule has 0 fully saturated rings. The van der Waals surface area contributed by atoms with Gasteiger partial charge in [-0.15, -0.1) is 0 Å². The van der Waals surface area contributed by atoms with Gasteiger partial charge in [-0.25, -0.2) is 8.35 Å². The normalized spacial score (nSPS) is 10.8. The Bertz CT molecular complexity index is 807. The van der Waals surface area contributed by atoms with Crippen LogP contribution in [-0.4, -0.2) is 11.1 Å². The molecule has 5 heteroatoms. The van der Waals surface area contributed by atoms with Crippen molar-refractivity contribution in [3.05, 3.63) is 58.6 Å². The molecule has 1 aromatic heterocycles. The molecule has 0 aliphatic heterocycles. The highest BCUT2D eigenvalue weighted by Crippen LogP contribution is 2.24. The van der Waals surface area contributed by atoms with Crippen LogP contribution in [0.25, 0.3) is 15.8 Å². The van der Waals surface area contributed by atoms with Crippen molar-refractivity contribution in [3.63, 3.8) is 0 Å². The van der Waals surface area contributed by atoms with Gasteiger partial charge < -0.3 is 4.74 Å². The second kappa shape index (κ2) is 4.51. The predicted molar refractivity (Wildman–Crippen MR) is 73.9 cm³/mol. The molecule has 0 aliphatic carbocycles. The summed E-state index contributed by atoms with van der Waals surface area (Å²) in [5, 5.41) is 0.663.